The molecule has 9 nitrogen and oxygen atoms in total. The number of aliphatic carboxylic acids is 2. The molecule has 1 atom stereocenters. The lowest BCUT2D eigenvalue weighted by atomic mass is 10.1. The molecule has 0 bridgehead atoms. The number of carbonyl (C=O) groups is 2. The highest BCUT2D eigenvalue weighted by atomic mass is 16.5. The molecule has 200 valence electrons. The van der Waals surface area contributed by atoms with E-state index in [9.17, 15) is 9.59 Å². The van der Waals surface area contributed by atoms with Crippen molar-refractivity contribution >= 4 is 28.5 Å². The summed E-state index contributed by atoms with van der Waals surface area (Å²) in [5.41, 5.74) is 8.71. The Bertz CT molecular complexity index is 977. The molecule has 0 aliphatic carbocycles. The molecular weight excluding hydrogens is 462 g/mol. The fraction of sp³-hybridized carbons (Fsp3) is 0.519. The molecule has 1 aromatic carbocycles. The van der Waals surface area contributed by atoms with Crippen molar-refractivity contribution in [2.75, 3.05) is 25.6 Å². The van der Waals surface area contributed by atoms with E-state index in [4.69, 9.17) is 25.4 Å². The van der Waals surface area contributed by atoms with Crippen LogP contribution in [0, 0.1) is 6.92 Å². The van der Waals surface area contributed by atoms with Gasteiger partial charge in [0.2, 0.25) is 0 Å². The number of aromatic nitrogens is 1. The lowest BCUT2D eigenvalue weighted by Crippen LogP contribution is -2.17. The Hall–Kier alpha value is -3.33. The van der Waals surface area contributed by atoms with Crippen molar-refractivity contribution in [3.05, 3.63) is 36.0 Å². The van der Waals surface area contributed by atoms with Crippen molar-refractivity contribution in [3.63, 3.8) is 0 Å². The zero-order valence-corrected chi connectivity index (χ0v) is 21.9. The van der Waals surface area contributed by atoms with Gasteiger partial charge in [-0.1, -0.05) is 32.6 Å². The Balaban J connectivity index is 0.000000697. The summed E-state index contributed by atoms with van der Waals surface area (Å²) >= 11 is 0. The smallest absolute Gasteiger partial charge is 0.328 e. The molecule has 1 unspecified atom stereocenters. The third-order valence-corrected chi connectivity index (χ3v) is 5.47. The van der Waals surface area contributed by atoms with Crippen molar-refractivity contribution in [2.45, 2.75) is 71.8 Å². The Kier molecular flexibility index (Phi) is 14.6. The van der Waals surface area contributed by atoms with Gasteiger partial charge < -0.3 is 30.7 Å². The molecule has 1 heterocycles. The average Bonchev–Trinajstić information content (AvgIpc) is 2.84. The molecule has 9 heteroatoms. The third kappa shape index (κ3) is 10.9. The van der Waals surface area contributed by atoms with E-state index >= 15 is 0 Å². The number of aryl methyl sites for hydroxylation is 1. The molecule has 0 saturated carbocycles. The van der Waals surface area contributed by atoms with E-state index < -0.39 is 11.9 Å². The second-order valence-electron chi connectivity index (χ2n) is 8.56. The van der Waals surface area contributed by atoms with Gasteiger partial charge in [0.15, 0.2) is 11.5 Å². The van der Waals surface area contributed by atoms with E-state index in [2.05, 4.69) is 31.1 Å². The van der Waals surface area contributed by atoms with Crippen LogP contribution in [0.25, 0.3) is 10.9 Å². The molecule has 2 rings (SSSR count). The predicted octanol–water partition coefficient (Wildman–Crippen LogP) is 5.15. The Morgan fingerprint density at radius 1 is 1.14 bits per heavy atom. The molecule has 0 radical (unpaired) electrons. The SMILES string of the molecule is CCCCCCCOc1c(OC)cc(NC(C)CCCN)c2nccc(C)c12.O=C(O)C=CC(=O)O. The summed E-state index contributed by atoms with van der Waals surface area (Å²) in [5, 5.41) is 20.2. The number of nitrogens with one attached hydrogen (secondary N) is 1. The first kappa shape index (κ1) is 30.7. The van der Waals surface area contributed by atoms with E-state index in [0.717, 1.165) is 52.9 Å². The molecule has 0 aliphatic heterocycles. The Morgan fingerprint density at radius 3 is 2.39 bits per heavy atom. The topological polar surface area (TPSA) is 144 Å². The minimum Gasteiger partial charge on any atom is -0.493 e. The number of pyridine rings is 1. The summed E-state index contributed by atoms with van der Waals surface area (Å²) in [7, 11) is 1.70. The highest BCUT2D eigenvalue weighted by Gasteiger charge is 2.18. The van der Waals surface area contributed by atoms with E-state index in [1.54, 1.807) is 7.11 Å². The van der Waals surface area contributed by atoms with Crippen molar-refractivity contribution in [3.8, 4) is 11.5 Å². The fourth-order valence-corrected chi connectivity index (χ4v) is 3.63. The van der Waals surface area contributed by atoms with Gasteiger partial charge in [-0.3, -0.25) is 4.98 Å². The molecule has 0 amide bonds. The second-order valence-corrected chi connectivity index (χ2v) is 8.56. The van der Waals surface area contributed by atoms with Crippen molar-refractivity contribution < 1.29 is 29.3 Å². The Morgan fingerprint density at radius 2 is 1.81 bits per heavy atom. The van der Waals surface area contributed by atoms with Gasteiger partial charge in [0.25, 0.3) is 0 Å². The van der Waals surface area contributed by atoms with E-state index in [1.807, 2.05) is 18.3 Å². The highest BCUT2D eigenvalue weighted by Crippen LogP contribution is 2.41. The number of ether oxygens (including phenoxy) is 2. The first-order valence-corrected chi connectivity index (χ1v) is 12.4. The molecule has 0 spiro atoms. The number of rotatable bonds is 15. The number of hydrogen-bond acceptors (Lipinski definition) is 7. The standard InChI is InChI=1S/C23H37N3O2.C4H4O4/c1-5-6-7-8-9-15-28-23-20(27-4)16-19(26-18(3)11-10-13-24)22-21(23)17(2)12-14-25-22;5-3(6)1-2-4(7)8/h12,14,16,18,26H,5-11,13,15,24H2,1-4H3;1-2H,(H,5,6)(H,7,8). The predicted molar refractivity (Wildman–Crippen MR) is 143 cm³/mol. The number of carboxylic acids is 2. The van der Waals surface area contributed by atoms with Crippen molar-refractivity contribution in [2.24, 2.45) is 5.73 Å². The van der Waals surface area contributed by atoms with Gasteiger partial charge in [0.1, 0.15) is 0 Å². The summed E-state index contributed by atoms with van der Waals surface area (Å²) in [4.78, 5) is 23.8. The van der Waals surface area contributed by atoms with Crippen LogP contribution < -0.4 is 20.5 Å². The minimum absolute atomic E-state index is 0.309. The van der Waals surface area contributed by atoms with Crippen LogP contribution in [0.5, 0.6) is 11.5 Å². The molecule has 0 aliphatic rings. The van der Waals surface area contributed by atoms with E-state index in [1.165, 1.54) is 25.7 Å². The van der Waals surface area contributed by atoms with Crippen LogP contribution in [0.3, 0.4) is 0 Å². The first-order valence-electron chi connectivity index (χ1n) is 12.4. The molecular formula is C27H41N3O6. The van der Waals surface area contributed by atoms with Crippen LogP contribution in [-0.2, 0) is 9.59 Å². The van der Waals surface area contributed by atoms with Crippen molar-refractivity contribution in [1.82, 2.24) is 4.98 Å². The van der Waals surface area contributed by atoms with Gasteiger partial charge in [0.05, 0.1) is 30.3 Å². The third-order valence-electron chi connectivity index (χ3n) is 5.47. The number of hydrogen-bond donors (Lipinski definition) is 4. The largest absolute Gasteiger partial charge is 0.493 e. The van der Waals surface area contributed by atoms with Crippen LogP contribution in [0.1, 0.15) is 64.4 Å². The van der Waals surface area contributed by atoms with Crippen LogP contribution >= 0.6 is 0 Å². The molecule has 2 aromatic rings. The minimum atomic E-state index is -1.26. The normalized spacial score (nSPS) is 11.6. The number of methoxy groups -OCH3 is 1. The van der Waals surface area contributed by atoms with Crippen LogP contribution in [0.15, 0.2) is 30.5 Å². The average molecular weight is 504 g/mol. The summed E-state index contributed by atoms with van der Waals surface area (Å²) in [6, 6.07) is 4.35. The van der Waals surface area contributed by atoms with Gasteiger partial charge in [0, 0.05) is 30.5 Å². The maximum absolute atomic E-state index is 9.55. The quantitative estimate of drug-likeness (QED) is 0.191. The van der Waals surface area contributed by atoms with Gasteiger partial charge in [-0.25, -0.2) is 9.59 Å². The van der Waals surface area contributed by atoms with Crippen LogP contribution in [-0.4, -0.2) is 53.4 Å². The zero-order chi connectivity index (χ0) is 26.9. The number of fused-ring (bicyclic) bond motifs is 1. The number of nitrogens with two attached hydrogens (primary N) is 1. The lowest BCUT2D eigenvalue weighted by Gasteiger charge is -2.20. The number of carboxylic acid groups (broad SMARTS) is 2. The van der Waals surface area contributed by atoms with Gasteiger partial charge >= 0.3 is 11.9 Å². The summed E-state index contributed by atoms with van der Waals surface area (Å²) in [6.07, 6.45) is 11.0. The summed E-state index contributed by atoms with van der Waals surface area (Å²) in [5.74, 6) is -0.954. The van der Waals surface area contributed by atoms with Crippen LogP contribution in [0.2, 0.25) is 0 Å². The molecule has 5 N–H and O–H groups in total. The van der Waals surface area contributed by atoms with Crippen molar-refractivity contribution in [1.29, 1.82) is 0 Å². The van der Waals surface area contributed by atoms with Gasteiger partial charge in [-0.15, -0.1) is 0 Å². The number of anilines is 1. The molecule has 0 fully saturated rings. The maximum Gasteiger partial charge on any atom is 0.328 e. The highest BCUT2D eigenvalue weighted by molar-refractivity contribution is 5.99. The second kappa shape index (κ2) is 17.2. The summed E-state index contributed by atoms with van der Waals surface area (Å²) < 4.78 is 11.9. The molecule has 36 heavy (non-hydrogen) atoms. The summed E-state index contributed by atoms with van der Waals surface area (Å²) in [6.45, 7) is 7.90. The number of benzene rings is 1. The van der Waals surface area contributed by atoms with Gasteiger partial charge in [-0.05, 0) is 51.3 Å². The Labute approximate surface area is 213 Å². The van der Waals surface area contributed by atoms with E-state index in [0.29, 0.717) is 31.3 Å². The van der Waals surface area contributed by atoms with Crippen LogP contribution in [0.4, 0.5) is 5.69 Å². The number of nitrogens with zero attached hydrogens (tertiary/aromatic N) is 1. The fourth-order valence-electron chi connectivity index (χ4n) is 3.63. The van der Waals surface area contributed by atoms with Gasteiger partial charge in [-0.2, -0.15) is 0 Å². The monoisotopic (exact) mass is 503 g/mol. The van der Waals surface area contributed by atoms with E-state index in [-0.39, 0.29) is 0 Å². The lowest BCUT2D eigenvalue weighted by molar-refractivity contribution is -0.134. The molecule has 1 aromatic heterocycles. The number of unbranched alkanes of at least 4 members (excludes halogenated alkanes) is 4. The maximum atomic E-state index is 9.55. The zero-order valence-electron chi connectivity index (χ0n) is 21.9. The first-order chi connectivity index (χ1) is 17.2. The molecule has 0 saturated heterocycles.